The highest BCUT2D eigenvalue weighted by Crippen LogP contribution is 2.29. The van der Waals surface area contributed by atoms with Crippen molar-refractivity contribution in [1.29, 1.82) is 0 Å². The average Bonchev–Trinajstić information content (AvgIpc) is 2.19. The summed E-state index contributed by atoms with van der Waals surface area (Å²) in [7, 11) is 0. The Hall–Kier alpha value is -1.36. The van der Waals surface area contributed by atoms with Gasteiger partial charge in [0.2, 0.25) is 11.8 Å². The fraction of sp³-hybridized carbons (Fsp3) is 0.333. The highest BCUT2D eigenvalue weighted by Gasteiger charge is 2.25. The third-order valence-electron chi connectivity index (χ3n) is 2.59. The van der Waals surface area contributed by atoms with Crippen molar-refractivity contribution in [3.63, 3.8) is 0 Å². The summed E-state index contributed by atoms with van der Waals surface area (Å²) in [5.41, 5.74) is 11.6. The smallest absolute Gasteiger partial charge is 0.249 e. The summed E-state index contributed by atoms with van der Waals surface area (Å²) >= 11 is 3.26. The van der Waals surface area contributed by atoms with E-state index in [1.54, 1.807) is 18.2 Å². The Bertz CT molecular complexity index is 458. The quantitative estimate of drug-likeness (QED) is 0.887. The molecule has 0 fully saturated rings. The lowest BCUT2D eigenvalue weighted by atomic mass is 9.85. The van der Waals surface area contributed by atoms with Gasteiger partial charge in [-0.3, -0.25) is 9.59 Å². The van der Waals surface area contributed by atoms with Gasteiger partial charge in [-0.2, -0.15) is 0 Å². The molecule has 0 spiro atoms. The van der Waals surface area contributed by atoms with Crippen LogP contribution in [0.2, 0.25) is 0 Å². The number of hydrogen-bond donors (Lipinski definition) is 2. The predicted octanol–water partition coefficient (Wildman–Crippen LogP) is 1.77. The minimum Gasteiger partial charge on any atom is -0.369 e. The van der Waals surface area contributed by atoms with Crippen LogP contribution in [0.1, 0.15) is 35.7 Å². The van der Waals surface area contributed by atoms with Gasteiger partial charge in [-0.1, -0.05) is 35.8 Å². The first kappa shape index (κ1) is 13.7. The van der Waals surface area contributed by atoms with Crippen LogP contribution in [-0.4, -0.2) is 11.8 Å². The van der Waals surface area contributed by atoms with Crippen molar-refractivity contribution in [1.82, 2.24) is 0 Å². The minimum atomic E-state index is -0.562. The van der Waals surface area contributed by atoms with Gasteiger partial charge in [-0.25, -0.2) is 0 Å². The molecular formula is C12H15BrN2O2. The van der Waals surface area contributed by atoms with Crippen molar-refractivity contribution in [2.45, 2.75) is 19.8 Å². The number of nitrogens with two attached hydrogens (primary N) is 2. The Balaban J connectivity index is 3.37. The van der Waals surface area contributed by atoms with Gasteiger partial charge in [0, 0.05) is 10.0 Å². The number of primary amides is 2. The van der Waals surface area contributed by atoms with Crippen LogP contribution in [0.25, 0.3) is 0 Å². The van der Waals surface area contributed by atoms with E-state index in [0.717, 1.165) is 4.47 Å². The standard InChI is InChI=1S/C12H15BrN2O2/c1-6(2)10(12(15)17)8-4-3-7(13)5-9(8)11(14)16/h3-6,10H,1-2H3,(H2,14,16)(H2,15,17)/t10-/m0/s1. The third kappa shape index (κ3) is 3.06. The van der Waals surface area contributed by atoms with Gasteiger partial charge in [0.25, 0.3) is 0 Å². The predicted molar refractivity (Wildman–Crippen MR) is 69.4 cm³/mol. The molecule has 0 unspecified atom stereocenters. The molecule has 17 heavy (non-hydrogen) atoms. The van der Waals surface area contributed by atoms with Gasteiger partial charge < -0.3 is 11.5 Å². The van der Waals surface area contributed by atoms with Crippen LogP contribution in [0.15, 0.2) is 22.7 Å². The first-order valence-electron chi connectivity index (χ1n) is 5.23. The zero-order valence-electron chi connectivity index (χ0n) is 9.74. The van der Waals surface area contributed by atoms with E-state index < -0.39 is 17.7 Å². The van der Waals surface area contributed by atoms with Crippen molar-refractivity contribution in [2.75, 3.05) is 0 Å². The van der Waals surface area contributed by atoms with Crippen LogP contribution in [-0.2, 0) is 4.79 Å². The monoisotopic (exact) mass is 298 g/mol. The summed E-state index contributed by atoms with van der Waals surface area (Å²) in [6.45, 7) is 3.75. The molecule has 2 amide bonds. The first-order valence-corrected chi connectivity index (χ1v) is 6.02. The molecule has 0 aliphatic rings. The number of benzene rings is 1. The molecule has 0 saturated carbocycles. The van der Waals surface area contributed by atoms with Crippen LogP contribution in [0, 0.1) is 5.92 Å². The maximum atomic E-state index is 11.5. The molecule has 92 valence electrons. The average molecular weight is 299 g/mol. The zero-order chi connectivity index (χ0) is 13.2. The Morgan fingerprint density at radius 1 is 1.24 bits per heavy atom. The van der Waals surface area contributed by atoms with Crippen molar-refractivity contribution in [3.05, 3.63) is 33.8 Å². The lowest BCUT2D eigenvalue weighted by Crippen LogP contribution is -2.28. The molecule has 4 N–H and O–H groups in total. The van der Waals surface area contributed by atoms with E-state index in [2.05, 4.69) is 15.9 Å². The van der Waals surface area contributed by atoms with E-state index in [4.69, 9.17) is 11.5 Å². The molecule has 1 atom stereocenters. The van der Waals surface area contributed by atoms with Crippen molar-refractivity contribution in [3.8, 4) is 0 Å². The van der Waals surface area contributed by atoms with Crippen LogP contribution in [0.5, 0.6) is 0 Å². The minimum absolute atomic E-state index is 0.00627. The number of hydrogen-bond acceptors (Lipinski definition) is 2. The topological polar surface area (TPSA) is 86.2 Å². The molecule has 5 heteroatoms. The van der Waals surface area contributed by atoms with Crippen molar-refractivity contribution in [2.24, 2.45) is 17.4 Å². The summed E-state index contributed by atoms with van der Waals surface area (Å²) in [6, 6.07) is 5.08. The Labute approximate surface area is 108 Å². The van der Waals surface area contributed by atoms with Gasteiger partial charge in [0.15, 0.2) is 0 Å². The normalized spacial score (nSPS) is 12.5. The largest absolute Gasteiger partial charge is 0.369 e. The second kappa shape index (κ2) is 5.31. The van der Waals surface area contributed by atoms with Crippen LogP contribution >= 0.6 is 15.9 Å². The summed E-state index contributed by atoms with van der Waals surface area (Å²) in [5, 5.41) is 0. The molecule has 1 rings (SSSR count). The number of rotatable bonds is 4. The van der Waals surface area contributed by atoms with Crippen LogP contribution < -0.4 is 11.5 Å². The van der Waals surface area contributed by atoms with E-state index in [0.29, 0.717) is 11.1 Å². The summed E-state index contributed by atoms with van der Waals surface area (Å²) in [5.74, 6) is -1.52. The lowest BCUT2D eigenvalue weighted by Gasteiger charge is -2.20. The highest BCUT2D eigenvalue weighted by atomic mass is 79.9. The molecule has 0 aliphatic carbocycles. The van der Waals surface area contributed by atoms with E-state index in [1.165, 1.54) is 0 Å². The molecule has 1 aromatic carbocycles. The number of carbonyl (C=O) groups excluding carboxylic acids is 2. The number of halogens is 1. The van der Waals surface area contributed by atoms with Crippen molar-refractivity contribution < 1.29 is 9.59 Å². The molecule has 4 nitrogen and oxygen atoms in total. The van der Waals surface area contributed by atoms with E-state index in [-0.39, 0.29) is 5.92 Å². The molecule has 0 heterocycles. The van der Waals surface area contributed by atoms with E-state index >= 15 is 0 Å². The fourth-order valence-corrected chi connectivity index (χ4v) is 2.22. The SMILES string of the molecule is CC(C)[C@H](C(N)=O)c1ccc(Br)cc1C(N)=O. The molecule has 0 aliphatic heterocycles. The van der Waals surface area contributed by atoms with Crippen molar-refractivity contribution >= 4 is 27.7 Å². The van der Waals surface area contributed by atoms with E-state index in [1.807, 2.05) is 13.8 Å². The second-order valence-electron chi connectivity index (χ2n) is 4.22. The second-order valence-corrected chi connectivity index (χ2v) is 5.14. The first-order chi connectivity index (χ1) is 7.84. The maximum Gasteiger partial charge on any atom is 0.249 e. The molecular weight excluding hydrogens is 284 g/mol. The Kier molecular flexibility index (Phi) is 4.28. The van der Waals surface area contributed by atoms with Gasteiger partial charge in [0.05, 0.1) is 5.92 Å². The van der Waals surface area contributed by atoms with Crippen LogP contribution in [0.3, 0.4) is 0 Å². The summed E-state index contributed by atoms with van der Waals surface area (Å²) in [6.07, 6.45) is 0. The number of amides is 2. The summed E-state index contributed by atoms with van der Waals surface area (Å²) < 4.78 is 0.738. The van der Waals surface area contributed by atoms with Gasteiger partial charge >= 0.3 is 0 Å². The molecule has 0 radical (unpaired) electrons. The molecule has 0 saturated heterocycles. The highest BCUT2D eigenvalue weighted by molar-refractivity contribution is 9.10. The third-order valence-corrected chi connectivity index (χ3v) is 3.08. The summed E-state index contributed by atoms with van der Waals surface area (Å²) in [4.78, 5) is 22.8. The van der Waals surface area contributed by atoms with Gasteiger partial charge in [-0.15, -0.1) is 0 Å². The fourth-order valence-electron chi connectivity index (χ4n) is 1.85. The zero-order valence-corrected chi connectivity index (χ0v) is 11.3. The Morgan fingerprint density at radius 3 is 2.24 bits per heavy atom. The molecule has 0 bridgehead atoms. The molecule has 1 aromatic rings. The number of carbonyl (C=O) groups is 2. The van der Waals surface area contributed by atoms with E-state index in [9.17, 15) is 9.59 Å². The Morgan fingerprint density at radius 2 is 1.82 bits per heavy atom. The lowest BCUT2D eigenvalue weighted by molar-refractivity contribution is -0.120. The van der Waals surface area contributed by atoms with Gasteiger partial charge in [0.1, 0.15) is 0 Å². The van der Waals surface area contributed by atoms with Crippen LogP contribution in [0.4, 0.5) is 0 Å². The van der Waals surface area contributed by atoms with Gasteiger partial charge in [-0.05, 0) is 23.6 Å². The molecule has 0 aromatic heterocycles. The maximum absolute atomic E-state index is 11.5.